The summed E-state index contributed by atoms with van der Waals surface area (Å²) in [5.41, 5.74) is 2.37. The Bertz CT molecular complexity index is 654. The summed E-state index contributed by atoms with van der Waals surface area (Å²) in [7, 11) is 8.24. The SMILES string of the molecule is CN(C)c1ccc([C@@H](CNC(=O)COc2ccccc2)[NH+](C)C)cc1. The Labute approximate surface area is 150 Å². The molecule has 0 saturated heterocycles. The molecule has 0 aliphatic heterocycles. The van der Waals surface area contributed by atoms with Crippen molar-refractivity contribution in [1.82, 2.24) is 5.32 Å². The van der Waals surface area contributed by atoms with Gasteiger partial charge in [0.05, 0.1) is 20.6 Å². The van der Waals surface area contributed by atoms with Gasteiger partial charge in [0.15, 0.2) is 6.61 Å². The van der Waals surface area contributed by atoms with Crippen LogP contribution in [0.3, 0.4) is 0 Å². The number of rotatable bonds is 8. The zero-order valence-corrected chi connectivity index (χ0v) is 15.5. The number of carbonyl (C=O) groups excluding carboxylic acids is 1. The molecule has 1 amide bonds. The Morgan fingerprint density at radius 2 is 1.72 bits per heavy atom. The number of nitrogens with zero attached hydrogens (tertiary/aromatic N) is 1. The van der Waals surface area contributed by atoms with Crippen molar-refractivity contribution in [3.8, 4) is 5.75 Å². The van der Waals surface area contributed by atoms with E-state index >= 15 is 0 Å². The number of benzene rings is 2. The highest BCUT2D eigenvalue weighted by molar-refractivity contribution is 5.77. The van der Waals surface area contributed by atoms with Crippen LogP contribution in [0.4, 0.5) is 5.69 Å². The number of hydrogen-bond donors (Lipinski definition) is 2. The lowest BCUT2D eigenvalue weighted by molar-refractivity contribution is -0.890. The van der Waals surface area contributed by atoms with E-state index in [-0.39, 0.29) is 18.6 Å². The van der Waals surface area contributed by atoms with Gasteiger partial charge in [-0.15, -0.1) is 0 Å². The number of para-hydroxylation sites is 1. The lowest BCUT2D eigenvalue weighted by atomic mass is 10.1. The van der Waals surface area contributed by atoms with Crippen LogP contribution < -0.4 is 19.9 Å². The lowest BCUT2D eigenvalue weighted by Crippen LogP contribution is -3.07. The van der Waals surface area contributed by atoms with E-state index in [0.717, 1.165) is 5.69 Å². The number of likely N-dealkylation sites (N-methyl/N-ethyl adjacent to an activating group) is 1. The third-order valence-electron chi connectivity index (χ3n) is 4.13. The van der Waals surface area contributed by atoms with Crippen LogP contribution in [-0.2, 0) is 4.79 Å². The van der Waals surface area contributed by atoms with Gasteiger partial charge in [0.2, 0.25) is 0 Å². The first-order valence-corrected chi connectivity index (χ1v) is 8.49. The van der Waals surface area contributed by atoms with E-state index in [1.54, 1.807) is 0 Å². The predicted octanol–water partition coefficient (Wildman–Crippen LogP) is 1.13. The van der Waals surface area contributed by atoms with Crippen LogP contribution in [0.2, 0.25) is 0 Å². The van der Waals surface area contributed by atoms with Gasteiger partial charge in [-0.05, 0) is 24.3 Å². The van der Waals surface area contributed by atoms with Crippen LogP contribution in [0.15, 0.2) is 54.6 Å². The number of nitrogens with one attached hydrogen (secondary N) is 2. The monoisotopic (exact) mass is 342 g/mol. The van der Waals surface area contributed by atoms with Gasteiger partial charge in [-0.25, -0.2) is 0 Å². The van der Waals surface area contributed by atoms with Crippen LogP contribution in [0.1, 0.15) is 11.6 Å². The summed E-state index contributed by atoms with van der Waals surface area (Å²) in [6, 6.07) is 18.0. The van der Waals surface area contributed by atoms with Gasteiger partial charge in [0.1, 0.15) is 11.8 Å². The molecule has 134 valence electrons. The third kappa shape index (κ3) is 5.80. The van der Waals surface area contributed by atoms with Gasteiger partial charge in [-0.2, -0.15) is 0 Å². The van der Waals surface area contributed by atoms with Crippen molar-refractivity contribution in [2.24, 2.45) is 0 Å². The van der Waals surface area contributed by atoms with Gasteiger partial charge >= 0.3 is 0 Å². The van der Waals surface area contributed by atoms with Crippen molar-refractivity contribution in [3.05, 3.63) is 60.2 Å². The summed E-state index contributed by atoms with van der Waals surface area (Å²) in [4.78, 5) is 15.4. The molecule has 2 aromatic rings. The molecule has 0 aliphatic carbocycles. The Morgan fingerprint density at radius 1 is 1.08 bits per heavy atom. The summed E-state index contributed by atoms with van der Waals surface area (Å²) >= 11 is 0. The number of amides is 1. The highest BCUT2D eigenvalue weighted by Gasteiger charge is 2.19. The fourth-order valence-electron chi connectivity index (χ4n) is 2.59. The molecule has 2 rings (SSSR count). The van der Waals surface area contributed by atoms with Gasteiger partial charge in [-0.3, -0.25) is 4.79 Å². The summed E-state index contributed by atoms with van der Waals surface area (Å²) in [5.74, 6) is 0.590. The number of hydrogen-bond acceptors (Lipinski definition) is 3. The minimum absolute atomic E-state index is 0.0268. The van der Waals surface area contributed by atoms with Crippen molar-refractivity contribution in [3.63, 3.8) is 0 Å². The second kappa shape index (κ2) is 9.08. The second-order valence-corrected chi connectivity index (χ2v) is 6.52. The molecule has 2 aromatic carbocycles. The summed E-state index contributed by atoms with van der Waals surface area (Å²) in [5, 5.41) is 2.98. The van der Waals surface area contributed by atoms with Crippen LogP contribution in [-0.4, -0.2) is 47.2 Å². The molecule has 0 radical (unpaired) electrons. The van der Waals surface area contributed by atoms with E-state index in [1.165, 1.54) is 10.5 Å². The second-order valence-electron chi connectivity index (χ2n) is 6.52. The van der Waals surface area contributed by atoms with Gasteiger partial charge in [0.25, 0.3) is 5.91 Å². The molecule has 0 bridgehead atoms. The maximum absolute atomic E-state index is 12.1. The number of carbonyl (C=O) groups is 1. The average Bonchev–Trinajstić information content (AvgIpc) is 2.61. The Morgan fingerprint density at radius 3 is 2.28 bits per heavy atom. The molecule has 1 atom stereocenters. The number of anilines is 1. The van der Waals surface area contributed by atoms with E-state index in [0.29, 0.717) is 12.3 Å². The van der Waals surface area contributed by atoms with E-state index in [4.69, 9.17) is 4.74 Å². The standard InChI is InChI=1S/C20H27N3O2/c1-22(2)17-12-10-16(11-13-17)19(23(3)4)14-21-20(24)15-25-18-8-6-5-7-9-18/h5-13,19H,14-15H2,1-4H3,(H,21,24)/p+1/t19-/m1/s1. The van der Waals surface area contributed by atoms with Crippen LogP contribution in [0.25, 0.3) is 0 Å². The van der Waals surface area contributed by atoms with E-state index in [1.807, 2.05) is 44.4 Å². The molecular weight excluding hydrogens is 314 g/mol. The minimum atomic E-state index is -0.111. The van der Waals surface area contributed by atoms with Gasteiger partial charge < -0.3 is 19.9 Å². The summed E-state index contributed by atoms with van der Waals surface area (Å²) in [6.07, 6.45) is 0. The summed E-state index contributed by atoms with van der Waals surface area (Å²) in [6.45, 7) is 0.597. The molecule has 2 N–H and O–H groups in total. The molecule has 0 spiro atoms. The average molecular weight is 342 g/mol. The third-order valence-corrected chi connectivity index (χ3v) is 4.13. The Balaban J connectivity index is 1.89. The maximum Gasteiger partial charge on any atom is 0.258 e. The first-order valence-electron chi connectivity index (χ1n) is 8.49. The molecule has 5 nitrogen and oxygen atoms in total. The van der Waals surface area contributed by atoms with Crippen molar-refractivity contribution < 1.29 is 14.4 Å². The largest absolute Gasteiger partial charge is 0.484 e. The fourth-order valence-corrected chi connectivity index (χ4v) is 2.59. The van der Waals surface area contributed by atoms with Crippen LogP contribution in [0.5, 0.6) is 5.75 Å². The van der Waals surface area contributed by atoms with Gasteiger partial charge in [-0.1, -0.05) is 30.3 Å². The van der Waals surface area contributed by atoms with E-state index < -0.39 is 0 Å². The van der Waals surface area contributed by atoms with E-state index in [2.05, 4.69) is 48.6 Å². The summed E-state index contributed by atoms with van der Waals surface area (Å²) < 4.78 is 5.48. The molecule has 5 heteroatoms. The molecule has 0 heterocycles. The normalized spacial score (nSPS) is 11.9. The van der Waals surface area contributed by atoms with Crippen molar-refractivity contribution >= 4 is 11.6 Å². The van der Waals surface area contributed by atoms with Crippen molar-refractivity contribution in [2.45, 2.75) is 6.04 Å². The van der Waals surface area contributed by atoms with E-state index in [9.17, 15) is 4.79 Å². The molecule has 0 saturated carbocycles. The fraction of sp³-hybridized carbons (Fsp3) is 0.350. The highest BCUT2D eigenvalue weighted by Crippen LogP contribution is 2.16. The Kier molecular flexibility index (Phi) is 6.83. The molecular formula is C20H28N3O2+. The topological polar surface area (TPSA) is 46.0 Å². The minimum Gasteiger partial charge on any atom is -0.484 e. The van der Waals surface area contributed by atoms with Crippen LogP contribution in [0, 0.1) is 0 Å². The zero-order chi connectivity index (χ0) is 18.2. The molecule has 0 fully saturated rings. The van der Waals surface area contributed by atoms with Gasteiger partial charge in [0, 0.05) is 25.3 Å². The Hall–Kier alpha value is -2.53. The molecule has 25 heavy (non-hydrogen) atoms. The molecule has 0 aromatic heterocycles. The first kappa shape index (κ1) is 18.8. The highest BCUT2D eigenvalue weighted by atomic mass is 16.5. The maximum atomic E-state index is 12.1. The lowest BCUT2D eigenvalue weighted by Gasteiger charge is -2.23. The predicted molar refractivity (Wildman–Crippen MR) is 101 cm³/mol. The number of quaternary nitrogens is 1. The molecule has 0 aliphatic rings. The van der Waals surface area contributed by atoms with Crippen molar-refractivity contribution in [2.75, 3.05) is 46.2 Å². The molecule has 0 unspecified atom stereocenters. The smallest absolute Gasteiger partial charge is 0.258 e. The van der Waals surface area contributed by atoms with Crippen molar-refractivity contribution in [1.29, 1.82) is 0 Å². The zero-order valence-electron chi connectivity index (χ0n) is 15.5. The van der Waals surface area contributed by atoms with Crippen LogP contribution >= 0.6 is 0 Å². The quantitative estimate of drug-likeness (QED) is 0.756. The number of ether oxygens (including phenoxy) is 1. The first-order chi connectivity index (χ1) is 12.0.